The first-order chi connectivity index (χ1) is 6.74. The first kappa shape index (κ1) is 9.52. The van der Waals surface area contributed by atoms with Crippen molar-refractivity contribution in [2.24, 2.45) is 5.92 Å². The predicted octanol–water partition coefficient (Wildman–Crippen LogP) is 1.92. The summed E-state index contributed by atoms with van der Waals surface area (Å²) >= 11 is 5.74. The topological polar surface area (TPSA) is 63.8 Å². The lowest BCUT2D eigenvalue weighted by Gasteiger charge is -2.25. The summed E-state index contributed by atoms with van der Waals surface area (Å²) in [5.74, 6) is 1.72. The third-order valence-electron chi connectivity index (χ3n) is 2.51. The summed E-state index contributed by atoms with van der Waals surface area (Å²) in [5.41, 5.74) is 5.47. The molecule has 0 bridgehead atoms. The van der Waals surface area contributed by atoms with Crippen molar-refractivity contribution in [2.45, 2.75) is 19.3 Å². The molecule has 0 saturated heterocycles. The van der Waals surface area contributed by atoms with Crippen molar-refractivity contribution < 1.29 is 0 Å². The van der Waals surface area contributed by atoms with E-state index in [0.29, 0.717) is 5.15 Å². The predicted molar refractivity (Wildman–Crippen MR) is 57.3 cm³/mol. The average molecular weight is 213 g/mol. The average Bonchev–Trinajstić information content (AvgIpc) is 1.99. The van der Waals surface area contributed by atoms with Crippen LogP contribution in [0.1, 0.15) is 19.3 Å². The summed E-state index contributed by atoms with van der Waals surface area (Å²) in [7, 11) is 0. The summed E-state index contributed by atoms with van der Waals surface area (Å²) in [6.45, 7) is 0.951. The molecule has 0 spiro atoms. The van der Waals surface area contributed by atoms with Gasteiger partial charge in [-0.15, -0.1) is 0 Å². The fourth-order valence-corrected chi connectivity index (χ4v) is 1.66. The van der Waals surface area contributed by atoms with Crippen molar-refractivity contribution in [3.8, 4) is 0 Å². The number of nitrogen functional groups attached to an aromatic ring is 1. The Kier molecular flexibility index (Phi) is 2.72. The van der Waals surface area contributed by atoms with Gasteiger partial charge in [0.25, 0.3) is 0 Å². The Bertz CT molecular complexity index is 304. The van der Waals surface area contributed by atoms with E-state index in [9.17, 15) is 0 Å². The van der Waals surface area contributed by atoms with Gasteiger partial charge in [0.05, 0.1) is 0 Å². The number of anilines is 2. The molecular weight excluding hydrogens is 200 g/mol. The molecule has 0 aliphatic heterocycles. The molecular formula is C9H13ClN4. The van der Waals surface area contributed by atoms with Gasteiger partial charge in [0.15, 0.2) is 0 Å². The zero-order valence-corrected chi connectivity index (χ0v) is 8.59. The highest BCUT2D eigenvalue weighted by atomic mass is 35.5. The van der Waals surface area contributed by atoms with Crippen LogP contribution in [0.5, 0.6) is 0 Å². The molecule has 1 aromatic rings. The van der Waals surface area contributed by atoms with Gasteiger partial charge in [-0.2, -0.15) is 4.98 Å². The summed E-state index contributed by atoms with van der Waals surface area (Å²) < 4.78 is 0. The van der Waals surface area contributed by atoms with E-state index in [0.717, 1.165) is 18.3 Å². The molecule has 14 heavy (non-hydrogen) atoms. The Balaban J connectivity index is 1.94. The number of nitrogens with two attached hydrogens (primary N) is 1. The highest BCUT2D eigenvalue weighted by Crippen LogP contribution is 2.26. The second-order valence-electron chi connectivity index (χ2n) is 3.61. The van der Waals surface area contributed by atoms with Crippen LogP contribution in [0.25, 0.3) is 0 Å². The van der Waals surface area contributed by atoms with Crippen LogP contribution < -0.4 is 11.1 Å². The van der Waals surface area contributed by atoms with Gasteiger partial charge in [-0.1, -0.05) is 18.0 Å². The number of aromatic nitrogens is 2. The smallest absolute Gasteiger partial charge is 0.223 e. The van der Waals surface area contributed by atoms with Gasteiger partial charge in [0.1, 0.15) is 11.0 Å². The number of rotatable bonds is 3. The molecule has 2 rings (SSSR count). The minimum absolute atomic E-state index is 0.216. The van der Waals surface area contributed by atoms with Crippen molar-refractivity contribution in [2.75, 3.05) is 17.6 Å². The van der Waals surface area contributed by atoms with Crippen LogP contribution in [0.3, 0.4) is 0 Å². The lowest BCUT2D eigenvalue weighted by atomic mass is 9.85. The lowest BCUT2D eigenvalue weighted by Crippen LogP contribution is -2.21. The molecule has 1 saturated carbocycles. The van der Waals surface area contributed by atoms with E-state index in [-0.39, 0.29) is 5.95 Å². The number of halogens is 1. The SMILES string of the molecule is Nc1nc(Cl)cc(NCC2CCC2)n1. The standard InChI is InChI=1S/C9H13ClN4/c10-7-4-8(14-9(11)13-7)12-5-6-2-1-3-6/h4,6H,1-3,5H2,(H3,11,12,13,14). The zero-order chi connectivity index (χ0) is 9.97. The van der Waals surface area contributed by atoms with E-state index in [1.165, 1.54) is 19.3 Å². The van der Waals surface area contributed by atoms with Gasteiger partial charge in [-0.25, -0.2) is 4.98 Å². The van der Waals surface area contributed by atoms with Crippen molar-refractivity contribution >= 4 is 23.4 Å². The van der Waals surface area contributed by atoms with Crippen LogP contribution in [-0.4, -0.2) is 16.5 Å². The third-order valence-corrected chi connectivity index (χ3v) is 2.70. The minimum atomic E-state index is 0.216. The minimum Gasteiger partial charge on any atom is -0.370 e. The molecule has 1 fully saturated rings. The molecule has 4 nitrogen and oxygen atoms in total. The van der Waals surface area contributed by atoms with Crippen molar-refractivity contribution in [1.82, 2.24) is 9.97 Å². The van der Waals surface area contributed by atoms with E-state index in [1.54, 1.807) is 6.07 Å². The first-order valence-corrected chi connectivity index (χ1v) is 5.16. The molecule has 1 aliphatic rings. The second kappa shape index (κ2) is 4.00. The highest BCUT2D eigenvalue weighted by Gasteiger charge is 2.16. The van der Waals surface area contributed by atoms with E-state index >= 15 is 0 Å². The lowest BCUT2D eigenvalue weighted by molar-refractivity contribution is 0.333. The van der Waals surface area contributed by atoms with Crippen LogP contribution in [0, 0.1) is 5.92 Å². The molecule has 1 aliphatic carbocycles. The van der Waals surface area contributed by atoms with Crippen molar-refractivity contribution in [1.29, 1.82) is 0 Å². The maximum Gasteiger partial charge on any atom is 0.223 e. The maximum absolute atomic E-state index is 5.74. The van der Waals surface area contributed by atoms with Gasteiger partial charge in [-0.3, -0.25) is 0 Å². The molecule has 0 radical (unpaired) electrons. The Morgan fingerprint density at radius 1 is 1.50 bits per heavy atom. The molecule has 3 N–H and O–H groups in total. The second-order valence-corrected chi connectivity index (χ2v) is 4.00. The molecule has 1 aromatic heterocycles. The number of nitrogens with one attached hydrogen (secondary N) is 1. The Hall–Kier alpha value is -1.03. The van der Waals surface area contributed by atoms with Gasteiger partial charge < -0.3 is 11.1 Å². The van der Waals surface area contributed by atoms with Crippen molar-refractivity contribution in [3.05, 3.63) is 11.2 Å². The highest BCUT2D eigenvalue weighted by molar-refractivity contribution is 6.29. The number of nitrogens with zero attached hydrogens (tertiary/aromatic N) is 2. The fourth-order valence-electron chi connectivity index (χ4n) is 1.47. The van der Waals surface area contributed by atoms with E-state index in [1.807, 2.05) is 0 Å². The molecule has 5 heteroatoms. The number of hydrogen-bond acceptors (Lipinski definition) is 4. The summed E-state index contributed by atoms with van der Waals surface area (Å²) in [5, 5.41) is 3.60. The quantitative estimate of drug-likeness (QED) is 0.752. The van der Waals surface area contributed by atoms with Crippen LogP contribution in [-0.2, 0) is 0 Å². The van der Waals surface area contributed by atoms with Crippen molar-refractivity contribution in [3.63, 3.8) is 0 Å². The molecule has 1 heterocycles. The molecule has 0 atom stereocenters. The first-order valence-electron chi connectivity index (χ1n) is 4.78. The van der Waals surface area contributed by atoms with E-state index < -0.39 is 0 Å². The summed E-state index contributed by atoms with van der Waals surface area (Å²) in [6.07, 6.45) is 3.96. The van der Waals surface area contributed by atoms with Crippen LogP contribution in [0.4, 0.5) is 11.8 Å². The van der Waals surface area contributed by atoms with Gasteiger partial charge in [-0.05, 0) is 18.8 Å². The van der Waals surface area contributed by atoms with E-state index in [4.69, 9.17) is 17.3 Å². The van der Waals surface area contributed by atoms with E-state index in [2.05, 4.69) is 15.3 Å². The molecule has 0 aromatic carbocycles. The Morgan fingerprint density at radius 3 is 2.86 bits per heavy atom. The Labute approximate surface area is 87.9 Å². The van der Waals surface area contributed by atoms with Gasteiger partial charge >= 0.3 is 0 Å². The number of hydrogen-bond donors (Lipinski definition) is 2. The maximum atomic E-state index is 5.74. The molecule has 76 valence electrons. The molecule has 0 unspecified atom stereocenters. The monoisotopic (exact) mass is 212 g/mol. The fraction of sp³-hybridized carbons (Fsp3) is 0.556. The summed E-state index contributed by atoms with van der Waals surface area (Å²) in [6, 6.07) is 1.69. The summed E-state index contributed by atoms with van der Waals surface area (Å²) in [4.78, 5) is 7.82. The van der Waals surface area contributed by atoms with Crippen LogP contribution in [0.15, 0.2) is 6.07 Å². The van der Waals surface area contributed by atoms with Crippen LogP contribution >= 0.6 is 11.6 Å². The Morgan fingerprint density at radius 2 is 2.29 bits per heavy atom. The largest absolute Gasteiger partial charge is 0.370 e. The molecule has 0 amide bonds. The van der Waals surface area contributed by atoms with Crippen LogP contribution in [0.2, 0.25) is 5.15 Å². The third kappa shape index (κ3) is 2.26. The zero-order valence-electron chi connectivity index (χ0n) is 7.83. The van der Waals surface area contributed by atoms with Gasteiger partial charge in [0.2, 0.25) is 5.95 Å². The normalized spacial score (nSPS) is 16.4. The van der Waals surface area contributed by atoms with Gasteiger partial charge in [0, 0.05) is 12.6 Å².